The van der Waals surface area contributed by atoms with E-state index in [4.69, 9.17) is 9.47 Å². The van der Waals surface area contributed by atoms with Crippen LogP contribution >= 0.6 is 0 Å². The van der Waals surface area contributed by atoms with Gasteiger partial charge in [-0.05, 0) is 77.3 Å². The molecule has 0 fully saturated rings. The quantitative estimate of drug-likeness (QED) is 0.0507. The molecule has 0 aromatic heterocycles. The molecule has 49 heavy (non-hydrogen) atoms. The molecule has 0 bridgehead atoms. The summed E-state index contributed by atoms with van der Waals surface area (Å²) in [7, 11) is 0. The highest BCUT2D eigenvalue weighted by molar-refractivity contribution is 5.69. The lowest BCUT2D eigenvalue weighted by Gasteiger charge is -2.21. The first-order chi connectivity index (χ1) is 24.1. The molecule has 1 N–H and O–H groups in total. The minimum atomic E-state index is -0.207. The highest BCUT2D eigenvalue weighted by atomic mass is 19.1. The molecule has 0 aromatic rings. The highest BCUT2D eigenvalue weighted by Gasteiger charge is 2.14. The number of aliphatic hydroxyl groups excluding tert-OH is 1. The van der Waals surface area contributed by atoms with Gasteiger partial charge in [0.1, 0.15) is 6.10 Å². The van der Waals surface area contributed by atoms with E-state index in [-0.39, 0.29) is 31.3 Å². The Morgan fingerprint density at radius 3 is 1.49 bits per heavy atom. The molecule has 0 saturated carbocycles. The number of hydrogen-bond donors (Lipinski definition) is 1. The standard InChI is InChI=1S/C42H82FNO5/c1-3-5-7-9-13-20-29-39-48-41(46)32-25-21-28-36-44(37-38-45)35-27-19-14-17-24-33-42(47)49-40(30-22-15-10-8-6-4-2)31-23-16-11-12-18-26-34-43/h40,45H,3-39H2,1-2H3. The first-order valence-electron chi connectivity index (χ1n) is 21.3. The molecule has 0 amide bonds. The molecule has 1 unspecified atom stereocenters. The van der Waals surface area contributed by atoms with Gasteiger partial charge >= 0.3 is 11.9 Å². The third-order valence-corrected chi connectivity index (χ3v) is 9.73. The monoisotopic (exact) mass is 700 g/mol. The van der Waals surface area contributed by atoms with Crippen LogP contribution in [0, 0.1) is 0 Å². The molecule has 0 heterocycles. The maximum atomic E-state index is 12.7. The largest absolute Gasteiger partial charge is 0.466 e. The van der Waals surface area contributed by atoms with Gasteiger partial charge < -0.3 is 19.5 Å². The Balaban J connectivity index is 4.01. The van der Waals surface area contributed by atoms with Gasteiger partial charge in [0.05, 0.1) is 19.9 Å². The van der Waals surface area contributed by atoms with E-state index in [2.05, 4.69) is 18.7 Å². The number of ether oxygens (including phenoxy) is 2. The molecule has 0 aliphatic rings. The number of rotatable bonds is 40. The van der Waals surface area contributed by atoms with Crippen LogP contribution in [0.15, 0.2) is 0 Å². The number of aliphatic hydroxyl groups is 1. The van der Waals surface area contributed by atoms with Gasteiger partial charge in [-0.2, -0.15) is 0 Å². The van der Waals surface area contributed by atoms with Gasteiger partial charge in [0, 0.05) is 19.4 Å². The van der Waals surface area contributed by atoms with Gasteiger partial charge in [-0.15, -0.1) is 0 Å². The number of esters is 2. The third kappa shape index (κ3) is 36.4. The van der Waals surface area contributed by atoms with E-state index >= 15 is 0 Å². The normalized spacial score (nSPS) is 12.1. The summed E-state index contributed by atoms with van der Waals surface area (Å²) in [5.41, 5.74) is 0. The molecule has 6 nitrogen and oxygen atoms in total. The number of carbonyl (C=O) groups is 2. The predicted octanol–water partition coefficient (Wildman–Crippen LogP) is 11.8. The van der Waals surface area contributed by atoms with E-state index in [1.54, 1.807) is 0 Å². The zero-order chi connectivity index (χ0) is 35.9. The number of carbonyl (C=O) groups excluding carboxylic acids is 2. The first kappa shape index (κ1) is 47.8. The predicted molar refractivity (Wildman–Crippen MR) is 205 cm³/mol. The number of unbranched alkanes of at least 4 members (excludes halogenated alkanes) is 22. The molecule has 7 heteroatoms. The second-order valence-corrected chi connectivity index (χ2v) is 14.5. The Bertz CT molecular complexity index is 694. The van der Waals surface area contributed by atoms with Crippen LogP contribution in [0.2, 0.25) is 0 Å². The van der Waals surface area contributed by atoms with E-state index in [0.717, 1.165) is 129 Å². The van der Waals surface area contributed by atoms with E-state index in [1.165, 1.54) is 64.2 Å². The van der Waals surface area contributed by atoms with Crippen LogP contribution in [0.4, 0.5) is 4.39 Å². The Labute approximate surface area is 303 Å². The van der Waals surface area contributed by atoms with Crippen molar-refractivity contribution in [2.24, 2.45) is 0 Å². The number of alkyl halides is 1. The van der Waals surface area contributed by atoms with Gasteiger partial charge in [0.15, 0.2) is 0 Å². The highest BCUT2D eigenvalue weighted by Crippen LogP contribution is 2.18. The summed E-state index contributed by atoms with van der Waals surface area (Å²) < 4.78 is 23.7. The molecule has 1 atom stereocenters. The van der Waals surface area contributed by atoms with Crippen LogP contribution in [0.5, 0.6) is 0 Å². The van der Waals surface area contributed by atoms with Crippen molar-refractivity contribution in [3.8, 4) is 0 Å². The molecular weight excluding hydrogens is 617 g/mol. The van der Waals surface area contributed by atoms with Gasteiger partial charge in [-0.3, -0.25) is 14.0 Å². The van der Waals surface area contributed by atoms with Crippen LogP contribution in [0.3, 0.4) is 0 Å². The molecular formula is C42H82FNO5. The maximum Gasteiger partial charge on any atom is 0.306 e. The molecule has 0 aliphatic heterocycles. The minimum Gasteiger partial charge on any atom is -0.466 e. The average molecular weight is 700 g/mol. The summed E-state index contributed by atoms with van der Waals surface area (Å²) >= 11 is 0. The third-order valence-electron chi connectivity index (χ3n) is 9.73. The van der Waals surface area contributed by atoms with E-state index in [0.29, 0.717) is 32.4 Å². The van der Waals surface area contributed by atoms with Gasteiger partial charge in [0.25, 0.3) is 0 Å². The topological polar surface area (TPSA) is 76.1 Å². The van der Waals surface area contributed by atoms with Crippen molar-refractivity contribution in [1.29, 1.82) is 0 Å². The molecule has 0 rings (SSSR count). The molecule has 0 saturated heterocycles. The lowest BCUT2D eigenvalue weighted by molar-refractivity contribution is -0.150. The van der Waals surface area contributed by atoms with Gasteiger partial charge in [0.2, 0.25) is 0 Å². The fraction of sp³-hybridized carbons (Fsp3) is 0.952. The van der Waals surface area contributed by atoms with Crippen molar-refractivity contribution in [2.45, 2.75) is 219 Å². The van der Waals surface area contributed by atoms with Crippen LogP contribution in [0.1, 0.15) is 213 Å². The fourth-order valence-electron chi connectivity index (χ4n) is 6.54. The second-order valence-electron chi connectivity index (χ2n) is 14.5. The number of hydrogen-bond acceptors (Lipinski definition) is 6. The maximum absolute atomic E-state index is 12.7. The molecule has 0 spiro atoms. The summed E-state index contributed by atoms with van der Waals surface area (Å²) in [6, 6.07) is 0. The second kappa shape index (κ2) is 39.6. The van der Waals surface area contributed by atoms with Crippen molar-refractivity contribution < 1.29 is 28.6 Å². The summed E-state index contributed by atoms with van der Waals surface area (Å²) in [6.45, 7) is 7.64. The number of halogens is 1. The molecule has 0 aromatic carbocycles. The minimum absolute atomic E-state index is 0.0329. The zero-order valence-corrected chi connectivity index (χ0v) is 32.6. The van der Waals surface area contributed by atoms with Gasteiger partial charge in [-0.1, -0.05) is 136 Å². The van der Waals surface area contributed by atoms with E-state index in [9.17, 15) is 19.1 Å². The first-order valence-corrected chi connectivity index (χ1v) is 21.3. The van der Waals surface area contributed by atoms with Crippen LogP contribution in [-0.2, 0) is 19.1 Å². The average Bonchev–Trinajstić information content (AvgIpc) is 3.09. The van der Waals surface area contributed by atoms with Crippen LogP contribution in [-0.4, -0.2) is 67.6 Å². The summed E-state index contributed by atoms with van der Waals surface area (Å²) in [5.74, 6) is -0.0946. The Morgan fingerprint density at radius 1 is 0.531 bits per heavy atom. The van der Waals surface area contributed by atoms with Crippen molar-refractivity contribution >= 4 is 11.9 Å². The lowest BCUT2D eigenvalue weighted by Crippen LogP contribution is -2.29. The van der Waals surface area contributed by atoms with E-state index in [1.807, 2.05) is 0 Å². The van der Waals surface area contributed by atoms with Gasteiger partial charge in [-0.25, -0.2) is 0 Å². The molecule has 0 radical (unpaired) electrons. The Hall–Kier alpha value is -1.21. The SMILES string of the molecule is CCCCCCCCCOC(=O)CCCCCN(CCO)CCCCCCCC(=O)OC(CCCCCCCC)CCCCCCCCF. The number of nitrogens with zero attached hydrogens (tertiary/aromatic N) is 1. The molecule has 292 valence electrons. The Kier molecular flexibility index (Phi) is 38.6. The summed E-state index contributed by atoms with van der Waals surface area (Å²) in [6.07, 6.45) is 33.4. The van der Waals surface area contributed by atoms with Crippen LogP contribution < -0.4 is 0 Å². The smallest absolute Gasteiger partial charge is 0.306 e. The lowest BCUT2D eigenvalue weighted by atomic mass is 10.0. The molecule has 0 aliphatic carbocycles. The Morgan fingerprint density at radius 2 is 0.959 bits per heavy atom. The van der Waals surface area contributed by atoms with Crippen molar-refractivity contribution in [3.05, 3.63) is 0 Å². The fourth-order valence-corrected chi connectivity index (χ4v) is 6.54. The summed E-state index contributed by atoms with van der Waals surface area (Å²) in [5, 5.41) is 9.51. The van der Waals surface area contributed by atoms with Crippen molar-refractivity contribution in [3.63, 3.8) is 0 Å². The van der Waals surface area contributed by atoms with Crippen molar-refractivity contribution in [2.75, 3.05) is 39.5 Å². The van der Waals surface area contributed by atoms with Crippen LogP contribution in [0.25, 0.3) is 0 Å². The van der Waals surface area contributed by atoms with Crippen molar-refractivity contribution in [1.82, 2.24) is 4.90 Å². The summed E-state index contributed by atoms with van der Waals surface area (Å²) in [4.78, 5) is 27.0. The van der Waals surface area contributed by atoms with E-state index < -0.39 is 0 Å². The zero-order valence-electron chi connectivity index (χ0n) is 32.6.